The van der Waals surface area contributed by atoms with E-state index in [0.717, 1.165) is 17.1 Å². The Balaban J connectivity index is 3.96. The molecule has 0 bridgehead atoms. The molecule has 0 radical (unpaired) electrons. The summed E-state index contributed by atoms with van der Waals surface area (Å²) in [4.78, 5) is 11.6. The Hall–Kier alpha value is -0.660. The number of amides is 1. The van der Waals surface area contributed by atoms with E-state index in [1.54, 1.807) is 0 Å². The molecular formula is C12H27N3O3S. The Morgan fingerprint density at radius 1 is 1.26 bits per heavy atom. The summed E-state index contributed by atoms with van der Waals surface area (Å²) in [6.07, 6.45) is 2.01. The van der Waals surface area contributed by atoms with Crippen LogP contribution in [0.2, 0.25) is 0 Å². The van der Waals surface area contributed by atoms with E-state index in [0.29, 0.717) is 13.0 Å². The standard InChI is InChI=1S/C12H27N3O3S/c1-12(2,7-8-13)6-5-11(16)14-9-10-19(17,18)15(3)4/h5-10,13H2,1-4H3,(H,14,16). The van der Waals surface area contributed by atoms with E-state index in [9.17, 15) is 13.2 Å². The molecule has 0 saturated carbocycles. The van der Waals surface area contributed by atoms with Crippen molar-refractivity contribution in [3.05, 3.63) is 0 Å². The third-order valence-corrected chi connectivity index (χ3v) is 4.92. The summed E-state index contributed by atoms with van der Waals surface area (Å²) in [6, 6.07) is 0. The number of carbonyl (C=O) groups is 1. The van der Waals surface area contributed by atoms with E-state index in [4.69, 9.17) is 5.73 Å². The summed E-state index contributed by atoms with van der Waals surface area (Å²) in [5.74, 6) is -0.183. The van der Waals surface area contributed by atoms with Crippen LogP contribution in [-0.2, 0) is 14.8 Å². The van der Waals surface area contributed by atoms with Gasteiger partial charge in [-0.2, -0.15) is 0 Å². The second kappa shape index (κ2) is 7.81. The van der Waals surface area contributed by atoms with E-state index in [-0.39, 0.29) is 23.6 Å². The molecule has 0 fully saturated rings. The Labute approximate surface area is 116 Å². The normalized spacial score (nSPS) is 12.7. The number of sulfonamides is 1. The number of nitrogens with zero attached hydrogens (tertiary/aromatic N) is 1. The number of hydrogen-bond donors (Lipinski definition) is 2. The molecule has 0 rings (SSSR count). The number of rotatable bonds is 9. The molecule has 0 atom stereocenters. The van der Waals surface area contributed by atoms with Crippen molar-refractivity contribution >= 4 is 15.9 Å². The Morgan fingerprint density at radius 2 is 1.84 bits per heavy atom. The first-order valence-corrected chi connectivity index (χ1v) is 8.08. The fourth-order valence-corrected chi connectivity index (χ4v) is 2.28. The number of carbonyl (C=O) groups excluding carboxylic acids is 1. The molecule has 0 saturated heterocycles. The van der Waals surface area contributed by atoms with E-state index in [1.165, 1.54) is 14.1 Å². The largest absolute Gasteiger partial charge is 0.355 e. The first-order chi connectivity index (χ1) is 8.60. The van der Waals surface area contributed by atoms with Crippen LogP contribution in [0.3, 0.4) is 0 Å². The van der Waals surface area contributed by atoms with Crippen molar-refractivity contribution in [2.45, 2.75) is 33.1 Å². The molecule has 19 heavy (non-hydrogen) atoms. The molecule has 0 unspecified atom stereocenters. The second-order valence-electron chi connectivity index (χ2n) is 5.65. The van der Waals surface area contributed by atoms with Gasteiger partial charge in [0.05, 0.1) is 5.75 Å². The van der Waals surface area contributed by atoms with Gasteiger partial charge in [0.1, 0.15) is 0 Å². The SMILES string of the molecule is CN(C)S(=O)(=O)CCNC(=O)CCC(C)(C)CCN. The summed E-state index contributed by atoms with van der Waals surface area (Å²) in [7, 11) is -0.286. The minimum Gasteiger partial charge on any atom is -0.355 e. The van der Waals surface area contributed by atoms with Gasteiger partial charge in [-0.15, -0.1) is 0 Å². The lowest BCUT2D eigenvalue weighted by molar-refractivity contribution is -0.121. The lowest BCUT2D eigenvalue weighted by Gasteiger charge is -2.23. The van der Waals surface area contributed by atoms with Crippen LogP contribution >= 0.6 is 0 Å². The van der Waals surface area contributed by atoms with Crippen molar-refractivity contribution in [1.29, 1.82) is 0 Å². The zero-order valence-corrected chi connectivity index (χ0v) is 13.2. The van der Waals surface area contributed by atoms with Crippen molar-refractivity contribution in [3.63, 3.8) is 0 Å². The number of hydrogen-bond acceptors (Lipinski definition) is 4. The van der Waals surface area contributed by atoms with Gasteiger partial charge >= 0.3 is 0 Å². The molecule has 3 N–H and O–H groups in total. The molecule has 0 aromatic rings. The summed E-state index contributed by atoms with van der Waals surface area (Å²) in [6.45, 7) is 4.90. The summed E-state index contributed by atoms with van der Waals surface area (Å²) in [5, 5.41) is 2.63. The van der Waals surface area contributed by atoms with Gasteiger partial charge in [0.2, 0.25) is 15.9 Å². The fraction of sp³-hybridized carbons (Fsp3) is 0.917. The van der Waals surface area contributed by atoms with E-state index < -0.39 is 10.0 Å². The molecule has 0 heterocycles. The van der Waals surface area contributed by atoms with Crippen LogP contribution in [0.15, 0.2) is 0 Å². The van der Waals surface area contributed by atoms with Crippen LogP contribution in [0.25, 0.3) is 0 Å². The van der Waals surface area contributed by atoms with Crippen LogP contribution in [0, 0.1) is 5.41 Å². The van der Waals surface area contributed by atoms with Gasteiger partial charge in [-0.25, -0.2) is 12.7 Å². The minimum atomic E-state index is -3.24. The highest BCUT2D eigenvalue weighted by Gasteiger charge is 2.18. The number of nitrogens with two attached hydrogens (primary N) is 1. The average molecular weight is 293 g/mol. The van der Waals surface area contributed by atoms with Crippen molar-refractivity contribution < 1.29 is 13.2 Å². The topological polar surface area (TPSA) is 92.5 Å². The Bertz CT molecular complexity index is 378. The fourth-order valence-electron chi connectivity index (χ4n) is 1.56. The maximum absolute atomic E-state index is 11.6. The van der Waals surface area contributed by atoms with Crippen LogP contribution in [0.5, 0.6) is 0 Å². The molecule has 0 aliphatic carbocycles. The molecule has 1 amide bonds. The molecular weight excluding hydrogens is 266 g/mol. The van der Waals surface area contributed by atoms with Crippen LogP contribution in [-0.4, -0.2) is 51.6 Å². The van der Waals surface area contributed by atoms with Crippen LogP contribution < -0.4 is 11.1 Å². The van der Waals surface area contributed by atoms with Gasteiger partial charge in [-0.05, 0) is 24.8 Å². The van der Waals surface area contributed by atoms with Gasteiger partial charge in [-0.3, -0.25) is 4.79 Å². The minimum absolute atomic E-state index is 0.0435. The second-order valence-corrected chi connectivity index (χ2v) is 7.95. The molecule has 0 aliphatic heterocycles. The smallest absolute Gasteiger partial charge is 0.220 e. The van der Waals surface area contributed by atoms with E-state index in [1.807, 2.05) is 0 Å². The molecule has 6 nitrogen and oxygen atoms in total. The number of nitrogens with one attached hydrogen (secondary N) is 1. The third kappa shape index (κ3) is 8.18. The molecule has 114 valence electrons. The quantitative estimate of drug-likeness (QED) is 0.633. The van der Waals surface area contributed by atoms with Crippen molar-refractivity contribution in [1.82, 2.24) is 9.62 Å². The maximum Gasteiger partial charge on any atom is 0.220 e. The molecule has 0 aliphatic rings. The molecule has 0 aromatic heterocycles. The van der Waals surface area contributed by atoms with Crippen LogP contribution in [0.1, 0.15) is 33.1 Å². The summed E-state index contributed by atoms with van der Waals surface area (Å²) in [5.41, 5.74) is 5.55. The van der Waals surface area contributed by atoms with Gasteiger partial charge in [0.15, 0.2) is 0 Å². The predicted molar refractivity (Wildman–Crippen MR) is 77.2 cm³/mol. The Kier molecular flexibility index (Phi) is 7.54. The van der Waals surface area contributed by atoms with E-state index >= 15 is 0 Å². The highest BCUT2D eigenvalue weighted by atomic mass is 32.2. The maximum atomic E-state index is 11.6. The monoisotopic (exact) mass is 293 g/mol. The van der Waals surface area contributed by atoms with Gasteiger partial charge in [0.25, 0.3) is 0 Å². The van der Waals surface area contributed by atoms with Gasteiger partial charge in [0, 0.05) is 27.1 Å². The highest BCUT2D eigenvalue weighted by Crippen LogP contribution is 2.25. The van der Waals surface area contributed by atoms with Crippen molar-refractivity contribution in [3.8, 4) is 0 Å². The molecule has 0 spiro atoms. The van der Waals surface area contributed by atoms with Gasteiger partial charge in [-0.1, -0.05) is 13.8 Å². The first-order valence-electron chi connectivity index (χ1n) is 6.48. The predicted octanol–water partition coefficient (Wildman–Crippen LogP) is 0.149. The lowest BCUT2D eigenvalue weighted by atomic mass is 9.84. The third-order valence-electron chi connectivity index (χ3n) is 3.09. The molecule has 0 aromatic carbocycles. The summed E-state index contributed by atoms with van der Waals surface area (Å²) < 4.78 is 24.1. The first kappa shape index (κ1) is 18.3. The zero-order valence-electron chi connectivity index (χ0n) is 12.4. The lowest BCUT2D eigenvalue weighted by Crippen LogP contribution is -2.34. The van der Waals surface area contributed by atoms with Crippen molar-refractivity contribution in [2.24, 2.45) is 11.1 Å². The van der Waals surface area contributed by atoms with E-state index in [2.05, 4.69) is 19.2 Å². The molecule has 7 heteroatoms. The van der Waals surface area contributed by atoms with Crippen LogP contribution in [0.4, 0.5) is 0 Å². The average Bonchev–Trinajstić information content (AvgIpc) is 2.26. The summed E-state index contributed by atoms with van der Waals surface area (Å²) >= 11 is 0. The van der Waals surface area contributed by atoms with Gasteiger partial charge < -0.3 is 11.1 Å². The highest BCUT2D eigenvalue weighted by molar-refractivity contribution is 7.89. The zero-order chi connectivity index (χ0) is 15.1. The Morgan fingerprint density at radius 3 is 2.32 bits per heavy atom. The van der Waals surface area contributed by atoms with Crippen molar-refractivity contribution in [2.75, 3.05) is 32.9 Å².